The molecule has 1 N–H and O–H groups in total. The van der Waals surface area contributed by atoms with Crippen LogP contribution in [0.2, 0.25) is 0 Å². The van der Waals surface area contributed by atoms with E-state index in [-0.39, 0.29) is 0 Å². The van der Waals surface area contributed by atoms with Crippen LogP contribution in [0.4, 0.5) is 0 Å². The van der Waals surface area contributed by atoms with E-state index in [0.717, 1.165) is 13.2 Å². The summed E-state index contributed by atoms with van der Waals surface area (Å²) in [6.45, 7) is 6.30. The van der Waals surface area contributed by atoms with Gasteiger partial charge in [0, 0.05) is 42.1 Å². The molecule has 1 heterocycles. The summed E-state index contributed by atoms with van der Waals surface area (Å²) < 4.78 is 6.03. The van der Waals surface area contributed by atoms with E-state index in [1.165, 1.54) is 43.5 Å². The van der Waals surface area contributed by atoms with Crippen molar-refractivity contribution in [3.05, 3.63) is 16.6 Å². The molecule has 0 aliphatic heterocycles. The van der Waals surface area contributed by atoms with Crippen molar-refractivity contribution in [3.63, 3.8) is 0 Å². The van der Waals surface area contributed by atoms with E-state index < -0.39 is 0 Å². The Labute approximate surface area is 132 Å². The second kappa shape index (κ2) is 6.76. The molecule has 0 bridgehead atoms. The van der Waals surface area contributed by atoms with Crippen LogP contribution >= 0.6 is 11.3 Å². The van der Waals surface area contributed by atoms with Crippen LogP contribution in [0.5, 0.6) is 0 Å². The smallest absolute Gasteiger partial charge is 0.0965 e. The zero-order chi connectivity index (χ0) is 14.7. The fourth-order valence-electron chi connectivity index (χ4n) is 4.23. The standard InChI is InChI=1S/C17H28N2OS/c1-3-20-15-11-14(17(15)7-5-4-6-8-17)19-12-13(2)16-18-9-10-21-16/h9-10,13-15,19H,3-8,11-12H2,1-2H3. The summed E-state index contributed by atoms with van der Waals surface area (Å²) in [5.41, 5.74) is 0.427. The van der Waals surface area contributed by atoms with Crippen LogP contribution in [-0.4, -0.2) is 30.3 Å². The maximum absolute atomic E-state index is 6.03. The first-order valence-corrected chi connectivity index (χ1v) is 9.38. The molecule has 2 saturated carbocycles. The number of rotatable bonds is 6. The van der Waals surface area contributed by atoms with Crippen molar-refractivity contribution in [2.24, 2.45) is 5.41 Å². The van der Waals surface area contributed by atoms with E-state index >= 15 is 0 Å². The van der Waals surface area contributed by atoms with Crippen molar-refractivity contribution in [2.45, 2.75) is 70.4 Å². The molecule has 1 aromatic rings. The number of hydrogen-bond acceptors (Lipinski definition) is 4. The van der Waals surface area contributed by atoms with E-state index in [1.807, 2.05) is 6.20 Å². The molecule has 1 aromatic heterocycles. The maximum atomic E-state index is 6.03. The van der Waals surface area contributed by atoms with Gasteiger partial charge in [-0.2, -0.15) is 0 Å². The van der Waals surface area contributed by atoms with Gasteiger partial charge in [-0.1, -0.05) is 26.2 Å². The fraction of sp³-hybridized carbons (Fsp3) is 0.824. The predicted molar refractivity (Wildman–Crippen MR) is 87.9 cm³/mol. The Balaban J connectivity index is 1.57. The Hall–Kier alpha value is -0.450. The Morgan fingerprint density at radius 1 is 1.43 bits per heavy atom. The van der Waals surface area contributed by atoms with E-state index in [0.29, 0.717) is 23.5 Å². The predicted octanol–water partition coefficient (Wildman–Crippen LogP) is 3.96. The molecule has 3 atom stereocenters. The summed E-state index contributed by atoms with van der Waals surface area (Å²) in [7, 11) is 0. The first-order chi connectivity index (χ1) is 10.3. The average Bonchev–Trinajstić information content (AvgIpc) is 3.05. The lowest BCUT2D eigenvalue weighted by Crippen LogP contribution is -2.64. The van der Waals surface area contributed by atoms with Crippen molar-refractivity contribution in [2.75, 3.05) is 13.2 Å². The van der Waals surface area contributed by atoms with Gasteiger partial charge in [0.05, 0.1) is 11.1 Å². The molecule has 0 aromatic carbocycles. The van der Waals surface area contributed by atoms with Crippen LogP contribution < -0.4 is 5.32 Å². The first kappa shape index (κ1) is 15.4. The van der Waals surface area contributed by atoms with Crippen LogP contribution in [0.1, 0.15) is 63.3 Å². The molecular formula is C17H28N2OS. The lowest BCUT2D eigenvalue weighted by molar-refractivity contribution is -0.150. The van der Waals surface area contributed by atoms with Gasteiger partial charge in [-0.25, -0.2) is 4.98 Å². The molecule has 3 rings (SSSR count). The molecule has 1 spiro atoms. The monoisotopic (exact) mass is 308 g/mol. The van der Waals surface area contributed by atoms with Crippen LogP contribution in [-0.2, 0) is 4.74 Å². The zero-order valence-electron chi connectivity index (χ0n) is 13.3. The molecule has 2 aliphatic carbocycles. The van der Waals surface area contributed by atoms with Gasteiger partial charge < -0.3 is 10.1 Å². The Kier molecular flexibility index (Phi) is 4.97. The van der Waals surface area contributed by atoms with Crippen molar-refractivity contribution in [1.29, 1.82) is 0 Å². The van der Waals surface area contributed by atoms with Crippen molar-refractivity contribution < 1.29 is 4.74 Å². The second-order valence-electron chi connectivity index (χ2n) is 6.71. The summed E-state index contributed by atoms with van der Waals surface area (Å²) in [5, 5.41) is 7.17. The van der Waals surface area contributed by atoms with Crippen molar-refractivity contribution in [1.82, 2.24) is 10.3 Å². The van der Waals surface area contributed by atoms with Gasteiger partial charge >= 0.3 is 0 Å². The number of thiazole rings is 1. The number of hydrogen-bond donors (Lipinski definition) is 1. The van der Waals surface area contributed by atoms with E-state index in [9.17, 15) is 0 Å². The highest BCUT2D eigenvalue weighted by Crippen LogP contribution is 2.53. The SMILES string of the molecule is CCOC1CC(NCC(C)c2nccs2)C12CCCCC2. The van der Waals surface area contributed by atoms with Crippen molar-refractivity contribution >= 4 is 11.3 Å². The summed E-state index contributed by atoms with van der Waals surface area (Å²) in [5.74, 6) is 0.511. The van der Waals surface area contributed by atoms with Gasteiger partial charge in [-0.05, 0) is 26.2 Å². The minimum Gasteiger partial charge on any atom is -0.378 e. The van der Waals surface area contributed by atoms with Gasteiger partial charge in [0.15, 0.2) is 0 Å². The van der Waals surface area contributed by atoms with Gasteiger partial charge in [-0.15, -0.1) is 11.3 Å². The van der Waals surface area contributed by atoms with E-state index in [1.54, 1.807) is 11.3 Å². The Morgan fingerprint density at radius 3 is 2.90 bits per heavy atom. The highest BCUT2D eigenvalue weighted by atomic mass is 32.1. The normalized spacial score (nSPS) is 29.2. The summed E-state index contributed by atoms with van der Waals surface area (Å²) >= 11 is 1.77. The molecule has 21 heavy (non-hydrogen) atoms. The third-order valence-corrected chi connectivity index (χ3v) is 6.49. The Morgan fingerprint density at radius 2 is 2.24 bits per heavy atom. The lowest BCUT2D eigenvalue weighted by atomic mass is 9.55. The molecule has 3 nitrogen and oxygen atoms in total. The highest BCUT2D eigenvalue weighted by molar-refractivity contribution is 7.09. The topological polar surface area (TPSA) is 34.1 Å². The fourth-order valence-corrected chi connectivity index (χ4v) is 4.93. The van der Waals surface area contributed by atoms with Crippen LogP contribution in [0.15, 0.2) is 11.6 Å². The highest BCUT2D eigenvalue weighted by Gasteiger charge is 2.55. The molecule has 118 valence electrons. The molecule has 0 radical (unpaired) electrons. The molecule has 2 aliphatic rings. The van der Waals surface area contributed by atoms with Gasteiger partial charge in [0.2, 0.25) is 0 Å². The molecule has 4 heteroatoms. The molecule has 2 fully saturated rings. The Bertz CT molecular complexity index is 428. The largest absolute Gasteiger partial charge is 0.378 e. The van der Waals surface area contributed by atoms with Gasteiger partial charge in [0.25, 0.3) is 0 Å². The quantitative estimate of drug-likeness (QED) is 0.863. The maximum Gasteiger partial charge on any atom is 0.0965 e. The minimum atomic E-state index is 0.427. The van der Waals surface area contributed by atoms with Gasteiger partial charge in [-0.3, -0.25) is 0 Å². The molecule has 0 saturated heterocycles. The number of nitrogens with zero attached hydrogens (tertiary/aromatic N) is 1. The van der Waals surface area contributed by atoms with Crippen LogP contribution in [0.25, 0.3) is 0 Å². The number of nitrogens with one attached hydrogen (secondary N) is 1. The third-order valence-electron chi connectivity index (χ3n) is 5.48. The van der Waals surface area contributed by atoms with Crippen LogP contribution in [0, 0.1) is 5.41 Å². The summed E-state index contributed by atoms with van der Waals surface area (Å²) in [4.78, 5) is 4.44. The second-order valence-corrected chi connectivity index (χ2v) is 7.63. The third kappa shape index (κ3) is 3.03. The zero-order valence-corrected chi connectivity index (χ0v) is 14.1. The van der Waals surface area contributed by atoms with Gasteiger partial charge in [0.1, 0.15) is 0 Å². The number of aromatic nitrogens is 1. The summed E-state index contributed by atoms with van der Waals surface area (Å²) in [6, 6.07) is 0.650. The lowest BCUT2D eigenvalue weighted by Gasteiger charge is -2.58. The van der Waals surface area contributed by atoms with E-state index in [2.05, 4.69) is 29.5 Å². The summed E-state index contributed by atoms with van der Waals surface area (Å²) in [6.07, 6.45) is 10.5. The van der Waals surface area contributed by atoms with E-state index in [4.69, 9.17) is 4.74 Å². The molecular weight excluding hydrogens is 280 g/mol. The molecule has 0 amide bonds. The molecule has 3 unspecified atom stereocenters. The average molecular weight is 308 g/mol. The van der Waals surface area contributed by atoms with Crippen molar-refractivity contribution in [3.8, 4) is 0 Å². The first-order valence-electron chi connectivity index (χ1n) is 8.50. The minimum absolute atomic E-state index is 0.427. The van der Waals surface area contributed by atoms with Crippen LogP contribution in [0.3, 0.4) is 0 Å². The number of ether oxygens (including phenoxy) is 1.